The van der Waals surface area contributed by atoms with Gasteiger partial charge in [0.05, 0.1) is 11.4 Å². The van der Waals surface area contributed by atoms with Crippen molar-refractivity contribution < 1.29 is 4.79 Å². The molecular weight excluding hydrogens is 192 g/mol. The number of H-pyrrole nitrogens is 1. The van der Waals surface area contributed by atoms with Gasteiger partial charge in [0.1, 0.15) is 0 Å². The highest BCUT2D eigenvalue weighted by molar-refractivity contribution is 5.94. The molecule has 0 spiro atoms. The van der Waals surface area contributed by atoms with Crippen LogP contribution in [0.4, 0.5) is 11.5 Å². The number of aryl methyl sites for hydroxylation is 1. The standard InChI is InChI=1S/C10H18N4O/c1-5(2)6(3)10(15)12-9-8(11)7(4)13-14-9/h5-6H,11H2,1-4H3,(H2,12,13,14,15). The van der Waals surface area contributed by atoms with Gasteiger partial charge in [0.15, 0.2) is 5.82 Å². The summed E-state index contributed by atoms with van der Waals surface area (Å²) in [4.78, 5) is 11.7. The van der Waals surface area contributed by atoms with E-state index in [1.54, 1.807) is 0 Å². The third-order valence-corrected chi connectivity index (χ3v) is 2.65. The van der Waals surface area contributed by atoms with E-state index in [9.17, 15) is 4.79 Å². The lowest BCUT2D eigenvalue weighted by Crippen LogP contribution is -2.24. The molecule has 1 heterocycles. The summed E-state index contributed by atoms with van der Waals surface area (Å²) in [5.41, 5.74) is 6.98. The summed E-state index contributed by atoms with van der Waals surface area (Å²) in [7, 11) is 0. The van der Waals surface area contributed by atoms with E-state index in [0.29, 0.717) is 17.4 Å². The molecule has 0 saturated carbocycles. The van der Waals surface area contributed by atoms with Crippen molar-refractivity contribution in [2.24, 2.45) is 11.8 Å². The van der Waals surface area contributed by atoms with E-state index in [-0.39, 0.29) is 11.8 Å². The van der Waals surface area contributed by atoms with Crippen LogP contribution in [0.25, 0.3) is 0 Å². The lowest BCUT2D eigenvalue weighted by molar-refractivity contribution is -0.120. The van der Waals surface area contributed by atoms with Gasteiger partial charge in [-0.3, -0.25) is 9.89 Å². The maximum Gasteiger partial charge on any atom is 0.228 e. The Hall–Kier alpha value is -1.52. The molecule has 0 aliphatic heterocycles. The molecule has 4 N–H and O–H groups in total. The van der Waals surface area contributed by atoms with Crippen molar-refractivity contribution in [3.63, 3.8) is 0 Å². The Labute approximate surface area is 89.4 Å². The van der Waals surface area contributed by atoms with Gasteiger partial charge < -0.3 is 11.1 Å². The summed E-state index contributed by atoms with van der Waals surface area (Å²) in [5, 5.41) is 9.34. The van der Waals surface area contributed by atoms with Crippen LogP contribution in [0.3, 0.4) is 0 Å². The lowest BCUT2D eigenvalue weighted by Gasteiger charge is -2.14. The summed E-state index contributed by atoms with van der Waals surface area (Å²) in [6.45, 7) is 7.70. The summed E-state index contributed by atoms with van der Waals surface area (Å²) in [6, 6.07) is 0. The number of nitrogen functional groups attached to an aromatic ring is 1. The zero-order valence-corrected chi connectivity index (χ0v) is 9.59. The maximum absolute atomic E-state index is 11.7. The fourth-order valence-electron chi connectivity index (χ4n) is 1.07. The fraction of sp³-hybridized carbons (Fsp3) is 0.600. The van der Waals surface area contributed by atoms with Gasteiger partial charge in [0.25, 0.3) is 0 Å². The zero-order valence-electron chi connectivity index (χ0n) is 9.59. The molecule has 0 bridgehead atoms. The number of nitrogens with one attached hydrogen (secondary N) is 2. The summed E-state index contributed by atoms with van der Waals surface area (Å²) in [5.74, 6) is 0.612. The second kappa shape index (κ2) is 4.33. The Morgan fingerprint density at radius 2 is 2.07 bits per heavy atom. The molecule has 1 amide bonds. The van der Waals surface area contributed by atoms with Gasteiger partial charge in [0, 0.05) is 5.92 Å². The van der Waals surface area contributed by atoms with Crippen LogP contribution in [0.5, 0.6) is 0 Å². The normalized spacial score (nSPS) is 12.9. The van der Waals surface area contributed by atoms with Gasteiger partial charge >= 0.3 is 0 Å². The van der Waals surface area contributed by atoms with Crippen molar-refractivity contribution in [1.82, 2.24) is 10.2 Å². The quantitative estimate of drug-likeness (QED) is 0.707. The van der Waals surface area contributed by atoms with Crippen LogP contribution in [0.15, 0.2) is 0 Å². The minimum Gasteiger partial charge on any atom is -0.394 e. The Morgan fingerprint density at radius 1 is 1.47 bits per heavy atom. The van der Waals surface area contributed by atoms with Crippen LogP contribution in [0.2, 0.25) is 0 Å². The van der Waals surface area contributed by atoms with Crippen LogP contribution in [-0.2, 0) is 4.79 Å². The fourth-order valence-corrected chi connectivity index (χ4v) is 1.07. The number of carbonyl (C=O) groups excluding carboxylic acids is 1. The molecule has 0 fully saturated rings. The molecule has 1 aromatic heterocycles. The molecule has 5 nitrogen and oxygen atoms in total. The Bertz CT molecular complexity index is 356. The van der Waals surface area contributed by atoms with Crippen molar-refractivity contribution in [3.05, 3.63) is 5.69 Å². The van der Waals surface area contributed by atoms with E-state index in [1.807, 2.05) is 27.7 Å². The molecule has 1 unspecified atom stereocenters. The van der Waals surface area contributed by atoms with Crippen molar-refractivity contribution in [3.8, 4) is 0 Å². The van der Waals surface area contributed by atoms with Crippen LogP contribution < -0.4 is 11.1 Å². The molecule has 5 heteroatoms. The average Bonchev–Trinajstić information content (AvgIpc) is 2.48. The lowest BCUT2D eigenvalue weighted by atomic mass is 9.97. The van der Waals surface area contributed by atoms with Crippen molar-refractivity contribution >= 4 is 17.4 Å². The molecule has 15 heavy (non-hydrogen) atoms. The van der Waals surface area contributed by atoms with Crippen molar-refractivity contribution in [2.45, 2.75) is 27.7 Å². The summed E-state index contributed by atoms with van der Waals surface area (Å²) >= 11 is 0. The SMILES string of the molecule is Cc1[nH]nc(NC(=O)C(C)C(C)C)c1N. The molecule has 1 rings (SSSR count). The Kier molecular flexibility index (Phi) is 3.34. The van der Waals surface area contributed by atoms with Crippen LogP contribution in [0, 0.1) is 18.8 Å². The molecule has 0 aromatic carbocycles. The molecule has 0 aliphatic rings. The molecule has 1 aromatic rings. The summed E-state index contributed by atoms with van der Waals surface area (Å²) in [6.07, 6.45) is 0. The zero-order chi connectivity index (χ0) is 11.6. The second-order valence-corrected chi connectivity index (χ2v) is 4.13. The highest BCUT2D eigenvalue weighted by Crippen LogP contribution is 2.20. The molecule has 1 atom stereocenters. The number of rotatable bonds is 3. The molecule has 0 radical (unpaired) electrons. The summed E-state index contributed by atoms with van der Waals surface area (Å²) < 4.78 is 0. The predicted molar refractivity (Wildman–Crippen MR) is 60.4 cm³/mol. The highest BCUT2D eigenvalue weighted by atomic mass is 16.1. The highest BCUT2D eigenvalue weighted by Gasteiger charge is 2.18. The Morgan fingerprint density at radius 3 is 2.47 bits per heavy atom. The second-order valence-electron chi connectivity index (χ2n) is 4.13. The van der Waals surface area contributed by atoms with E-state index in [4.69, 9.17) is 5.73 Å². The molecule has 84 valence electrons. The maximum atomic E-state index is 11.7. The van der Waals surface area contributed by atoms with Gasteiger partial charge in [-0.15, -0.1) is 0 Å². The number of hydrogen-bond donors (Lipinski definition) is 3. The first kappa shape index (κ1) is 11.6. The first-order valence-corrected chi connectivity index (χ1v) is 5.04. The average molecular weight is 210 g/mol. The number of aromatic nitrogens is 2. The third kappa shape index (κ3) is 2.49. The predicted octanol–water partition coefficient (Wildman–Crippen LogP) is 1.53. The molecular formula is C10H18N4O. The Balaban J connectivity index is 2.71. The van der Waals surface area contributed by atoms with Crippen LogP contribution in [-0.4, -0.2) is 16.1 Å². The minimum absolute atomic E-state index is 0.0526. The number of nitrogens with zero attached hydrogens (tertiary/aromatic N) is 1. The van der Waals surface area contributed by atoms with Gasteiger partial charge in [-0.05, 0) is 12.8 Å². The van der Waals surface area contributed by atoms with Gasteiger partial charge in [-0.2, -0.15) is 5.10 Å². The van der Waals surface area contributed by atoms with E-state index in [1.165, 1.54) is 0 Å². The van der Waals surface area contributed by atoms with E-state index < -0.39 is 0 Å². The largest absolute Gasteiger partial charge is 0.394 e. The first-order chi connectivity index (χ1) is 6.93. The van der Waals surface area contributed by atoms with E-state index in [2.05, 4.69) is 15.5 Å². The van der Waals surface area contributed by atoms with Gasteiger partial charge in [-0.1, -0.05) is 20.8 Å². The van der Waals surface area contributed by atoms with Crippen molar-refractivity contribution in [2.75, 3.05) is 11.1 Å². The monoisotopic (exact) mass is 210 g/mol. The van der Waals surface area contributed by atoms with E-state index in [0.717, 1.165) is 5.69 Å². The molecule has 0 saturated heterocycles. The van der Waals surface area contributed by atoms with E-state index >= 15 is 0 Å². The van der Waals surface area contributed by atoms with Crippen LogP contribution in [0.1, 0.15) is 26.5 Å². The van der Waals surface area contributed by atoms with Gasteiger partial charge in [-0.25, -0.2) is 0 Å². The minimum atomic E-state index is -0.0543. The number of aromatic amines is 1. The number of hydrogen-bond acceptors (Lipinski definition) is 3. The smallest absolute Gasteiger partial charge is 0.228 e. The number of anilines is 2. The van der Waals surface area contributed by atoms with Crippen molar-refractivity contribution in [1.29, 1.82) is 0 Å². The first-order valence-electron chi connectivity index (χ1n) is 5.04. The van der Waals surface area contributed by atoms with Crippen LogP contribution >= 0.6 is 0 Å². The number of carbonyl (C=O) groups is 1. The number of amides is 1. The third-order valence-electron chi connectivity index (χ3n) is 2.65. The number of nitrogens with two attached hydrogens (primary N) is 1. The topological polar surface area (TPSA) is 83.8 Å². The van der Waals surface area contributed by atoms with Gasteiger partial charge in [0.2, 0.25) is 5.91 Å². The molecule has 0 aliphatic carbocycles.